The number of nitrogens with two attached hydrogens (primary N) is 1. The SMILES string of the molecule is Cc1c(C(=O)NCc2ccc(C(=N)N)cc2)nnn1-c1ccc(Br)cc1. The van der Waals surface area contributed by atoms with Crippen molar-refractivity contribution in [3.05, 3.63) is 75.5 Å². The van der Waals surface area contributed by atoms with Crippen molar-refractivity contribution in [1.29, 1.82) is 5.41 Å². The van der Waals surface area contributed by atoms with Crippen LogP contribution in [0.5, 0.6) is 0 Å². The molecule has 0 unspecified atom stereocenters. The maximum absolute atomic E-state index is 12.4. The number of carbonyl (C=O) groups is 1. The third-order valence-electron chi connectivity index (χ3n) is 3.90. The zero-order valence-electron chi connectivity index (χ0n) is 14.0. The van der Waals surface area contributed by atoms with E-state index in [1.807, 2.05) is 36.4 Å². The van der Waals surface area contributed by atoms with Crippen molar-refractivity contribution in [2.45, 2.75) is 13.5 Å². The van der Waals surface area contributed by atoms with Crippen molar-refractivity contribution in [2.75, 3.05) is 0 Å². The number of aromatic nitrogens is 3. The van der Waals surface area contributed by atoms with Gasteiger partial charge in [0.05, 0.1) is 11.4 Å². The van der Waals surface area contributed by atoms with Gasteiger partial charge in [-0.1, -0.05) is 45.4 Å². The molecule has 3 aromatic rings. The monoisotopic (exact) mass is 412 g/mol. The Hall–Kier alpha value is -3.00. The highest BCUT2D eigenvalue weighted by Gasteiger charge is 2.17. The first kappa shape index (κ1) is 17.8. The Kier molecular flexibility index (Phi) is 5.13. The molecular formula is C18H17BrN6O. The minimum atomic E-state index is -0.290. The van der Waals surface area contributed by atoms with Crippen LogP contribution in [0.1, 0.15) is 27.3 Å². The smallest absolute Gasteiger partial charge is 0.274 e. The highest BCUT2D eigenvalue weighted by atomic mass is 79.9. The van der Waals surface area contributed by atoms with Crippen LogP contribution in [0.25, 0.3) is 5.69 Å². The summed E-state index contributed by atoms with van der Waals surface area (Å²) in [5.74, 6) is -0.276. The Bertz CT molecular complexity index is 947. The van der Waals surface area contributed by atoms with Crippen molar-refractivity contribution < 1.29 is 4.79 Å². The maximum Gasteiger partial charge on any atom is 0.274 e. The van der Waals surface area contributed by atoms with Crippen LogP contribution in [-0.2, 0) is 6.54 Å². The van der Waals surface area contributed by atoms with Crippen LogP contribution in [0.3, 0.4) is 0 Å². The predicted molar refractivity (Wildman–Crippen MR) is 102 cm³/mol. The van der Waals surface area contributed by atoms with Gasteiger partial charge in [-0.3, -0.25) is 10.2 Å². The Morgan fingerprint density at radius 1 is 1.19 bits per heavy atom. The van der Waals surface area contributed by atoms with E-state index in [0.29, 0.717) is 17.8 Å². The molecule has 1 aromatic heterocycles. The number of hydrogen-bond donors (Lipinski definition) is 3. The third-order valence-corrected chi connectivity index (χ3v) is 4.43. The second kappa shape index (κ2) is 7.49. The molecule has 1 amide bonds. The van der Waals surface area contributed by atoms with E-state index in [1.54, 1.807) is 23.7 Å². The highest BCUT2D eigenvalue weighted by Crippen LogP contribution is 2.16. The van der Waals surface area contributed by atoms with E-state index in [4.69, 9.17) is 11.1 Å². The largest absolute Gasteiger partial charge is 0.384 e. The fourth-order valence-corrected chi connectivity index (χ4v) is 2.70. The van der Waals surface area contributed by atoms with Crippen LogP contribution >= 0.6 is 15.9 Å². The summed E-state index contributed by atoms with van der Waals surface area (Å²) in [6, 6.07) is 14.7. The molecule has 4 N–H and O–H groups in total. The average molecular weight is 413 g/mol. The minimum absolute atomic E-state index is 0.0146. The molecule has 0 radical (unpaired) electrons. The van der Waals surface area contributed by atoms with Gasteiger partial charge in [0.25, 0.3) is 5.91 Å². The fraction of sp³-hybridized carbons (Fsp3) is 0.111. The predicted octanol–water partition coefficient (Wildman–Crippen LogP) is 2.55. The zero-order chi connectivity index (χ0) is 18.7. The van der Waals surface area contributed by atoms with Crippen LogP contribution < -0.4 is 11.1 Å². The van der Waals surface area contributed by atoms with Gasteiger partial charge >= 0.3 is 0 Å². The van der Waals surface area contributed by atoms with Gasteiger partial charge in [-0.15, -0.1) is 5.10 Å². The Morgan fingerprint density at radius 3 is 2.46 bits per heavy atom. The lowest BCUT2D eigenvalue weighted by molar-refractivity contribution is 0.0945. The number of nitrogens with one attached hydrogen (secondary N) is 2. The van der Waals surface area contributed by atoms with Gasteiger partial charge in [0.1, 0.15) is 5.84 Å². The van der Waals surface area contributed by atoms with Crippen molar-refractivity contribution in [3.8, 4) is 5.69 Å². The molecule has 0 aliphatic carbocycles. The van der Waals surface area contributed by atoms with Crippen LogP contribution in [0.4, 0.5) is 0 Å². The molecule has 0 fully saturated rings. The number of benzene rings is 2. The Labute approximate surface area is 158 Å². The summed E-state index contributed by atoms with van der Waals surface area (Å²) in [4.78, 5) is 12.4. The van der Waals surface area contributed by atoms with E-state index < -0.39 is 0 Å². The van der Waals surface area contributed by atoms with E-state index in [1.165, 1.54) is 0 Å². The van der Waals surface area contributed by atoms with Crippen molar-refractivity contribution in [3.63, 3.8) is 0 Å². The molecule has 0 saturated heterocycles. The van der Waals surface area contributed by atoms with Crippen LogP contribution in [0.2, 0.25) is 0 Å². The average Bonchev–Trinajstić information content (AvgIpc) is 3.02. The molecule has 8 heteroatoms. The third kappa shape index (κ3) is 3.80. The maximum atomic E-state index is 12.4. The normalized spacial score (nSPS) is 10.5. The highest BCUT2D eigenvalue weighted by molar-refractivity contribution is 9.10. The van der Waals surface area contributed by atoms with Gasteiger partial charge in [-0.2, -0.15) is 0 Å². The standard InChI is InChI=1S/C18H17BrN6O/c1-11-16(23-24-25(11)15-8-6-14(19)7-9-15)18(26)22-10-12-2-4-13(5-3-12)17(20)21/h2-9H,10H2,1H3,(H3,20,21)(H,22,26). The number of amidine groups is 1. The van der Waals surface area contributed by atoms with Crippen molar-refractivity contribution >= 4 is 27.7 Å². The number of rotatable bonds is 5. The van der Waals surface area contributed by atoms with E-state index in [-0.39, 0.29) is 17.4 Å². The van der Waals surface area contributed by atoms with Crippen molar-refractivity contribution in [1.82, 2.24) is 20.3 Å². The molecule has 2 aromatic carbocycles. The molecular weight excluding hydrogens is 396 g/mol. The summed E-state index contributed by atoms with van der Waals surface area (Å²) in [6.07, 6.45) is 0. The summed E-state index contributed by atoms with van der Waals surface area (Å²) in [6.45, 7) is 2.15. The van der Waals surface area contributed by atoms with E-state index >= 15 is 0 Å². The van der Waals surface area contributed by atoms with Crippen LogP contribution in [0.15, 0.2) is 53.0 Å². The number of nitrogen functional groups attached to an aromatic ring is 1. The zero-order valence-corrected chi connectivity index (χ0v) is 15.6. The molecule has 26 heavy (non-hydrogen) atoms. The van der Waals surface area contributed by atoms with Gasteiger partial charge in [-0.25, -0.2) is 4.68 Å². The summed E-state index contributed by atoms with van der Waals surface area (Å²) in [5.41, 5.74) is 8.76. The quantitative estimate of drug-likeness (QED) is 0.441. The summed E-state index contributed by atoms with van der Waals surface area (Å²) < 4.78 is 2.59. The van der Waals surface area contributed by atoms with Crippen molar-refractivity contribution in [2.24, 2.45) is 5.73 Å². The van der Waals surface area contributed by atoms with Gasteiger partial charge in [0.2, 0.25) is 0 Å². The van der Waals surface area contributed by atoms with Gasteiger partial charge in [-0.05, 0) is 36.8 Å². The molecule has 0 saturated carbocycles. The number of halogens is 1. The van der Waals surface area contributed by atoms with E-state index in [9.17, 15) is 4.79 Å². The van der Waals surface area contributed by atoms with Gasteiger partial charge in [0.15, 0.2) is 5.69 Å². The van der Waals surface area contributed by atoms with Gasteiger partial charge < -0.3 is 11.1 Å². The number of hydrogen-bond acceptors (Lipinski definition) is 4. The molecule has 0 aliphatic rings. The second-order valence-corrected chi connectivity index (χ2v) is 6.62. The first-order valence-electron chi connectivity index (χ1n) is 7.85. The molecule has 7 nitrogen and oxygen atoms in total. The minimum Gasteiger partial charge on any atom is -0.384 e. The van der Waals surface area contributed by atoms with Gasteiger partial charge in [0, 0.05) is 16.6 Å². The molecule has 0 bridgehead atoms. The van der Waals surface area contributed by atoms with E-state index in [0.717, 1.165) is 15.7 Å². The van der Waals surface area contributed by atoms with E-state index in [2.05, 4.69) is 31.6 Å². The number of amides is 1. The summed E-state index contributed by atoms with van der Waals surface area (Å²) in [7, 11) is 0. The molecule has 0 aliphatic heterocycles. The molecule has 132 valence electrons. The Balaban J connectivity index is 1.70. The fourth-order valence-electron chi connectivity index (χ4n) is 2.43. The topological polar surface area (TPSA) is 110 Å². The molecule has 1 heterocycles. The first-order chi connectivity index (χ1) is 12.5. The van der Waals surface area contributed by atoms with Crippen LogP contribution in [0, 0.1) is 12.3 Å². The summed E-state index contributed by atoms with van der Waals surface area (Å²) in [5, 5.41) is 18.3. The second-order valence-electron chi connectivity index (χ2n) is 5.70. The lowest BCUT2D eigenvalue weighted by atomic mass is 10.1. The molecule has 3 rings (SSSR count). The Morgan fingerprint density at radius 2 is 1.85 bits per heavy atom. The van der Waals surface area contributed by atoms with Crippen LogP contribution in [-0.4, -0.2) is 26.7 Å². The first-order valence-corrected chi connectivity index (χ1v) is 8.65. The molecule has 0 spiro atoms. The summed E-state index contributed by atoms with van der Waals surface area (Å²) >= 11 is 3.39. The molecule has 0 atom stereocenters. The lowest BCUT2D eigenvalue weighted by Gasteiger charge is -2.06. The number of nitrogens with zero attached hydrogens (tertiary/aromatic N) is 3. The lowest BCUT2D eigenvalue weighted by Crippen LogP contribution is -2.24. The number of carbonyl (C=O) groups excluding carboxylic acids is 1.